The third-order valence-corrected chi connectivity index (χ3v) is 0.608. The van der Waals surface area contributed by atoms with Crippen molar-refractivity contribution >= 4 is 6.29 Å². The number of nitrogens with zero attached hydrogens (tertiary/aromatic N) is 3. The molecule has 0 saturated heterocycles. The Morgan fingerprint density at radius 1 is 1.62 bits per heavy atom. The highest BCUT2D eigenvalue weighted by Crippen LogP contribution is 1.78. The molecule has 39 valence electrons. The second kappa shape index (κ2) is 2.11. The Morgan fingerprint density at radius 2 is 2.50 bits per heavy atom. The van der Waals surface area contributed by atoms with Gasteiger partial charge in [0.15, 0.2) is 0 Å². The smallest absolute Gasteiger partial charge is 0.255 e. The Morgan fingerprint density at radius 3 is 2.88 bits per heavy atom. The molecule has 1 radical (unpaired) electrons. The van der Waals surface area contributed by atoms with Crippen molar-refractivity contribution in [1.82, 2.24) is 15.4 Å². The monoisotopic (exact) mass is 108 g/mol. The SMILES string of the molecule is O=[C]c1ccnnn1. The molecule has 0 atom stereocenters. The Kier molecular flexibility index (Phi) is 1.27. The summed E-state index contributed by atoms with van der Waals surface area (Å²) in [6.45, 7) is 0. The highest BCUT2D eigenvalue weighted by Gasteiger charge is 1.86. The maximum atomic E-state index is 9.75. The molecule has 0 spiro atoms. The quantitative estimate of drug-likeness (QED) is 0.478. The van der Waals surface area contributed by atoms with Crippen LogP contribution in [0, 0.1) is 0 Å². The van der Waals surface area contributed by atoms with Gasteiger partial charge in [0.25, 0.3) is 6.29 Å². The standard InChI is InChI=1S/C4H2N3O/c8-3-4-1-2-5-7-6-4/h1-2H. The zero-order valence-electron chi connectivity index (χ0n) is 3.90. The van der Waals surface area contributed by atoms with Crippen molar-refractivity contribution < 1.29 is 4.79 Å². The summed E-state index contributed by atoms with van der Waals surface area (Å²) in [6.07, 6.45) is 2.95. The molecule has 0 unspecified atom stereocenters. The normalized spacial score (nSPS) is 8.50. The number of aromatic nitrogens is 3. The molecule has 1 aromatic heterocycles. The Balaban J connectivity index is 2.99. The molecule has 0 aliphatic carbocycles. The zero-order chi connectivity index (χ0) is 5.82. The molecule has 4 nitrogen and oxygen atoms in total. The summed E-state index contributed by atoms with van der Waals surface area (Å²) in [4.78, 5) is 9.75. The topological polar surface area (TPSA) is 55.7 Å². The summed E-state index contributed by atoms with van der Waals surface area (Å²) >= 11 is 0. The van der Waals surface area contributed by atoms with Crippen molar-refractivity contribution in [3.05, 3.63) is 18.0 Å². The van der Waals surface area contributed by atoms with E-state index in [-0.39, 0.29) is 5.69 Å². The fraction of sp³-hybridized carbons (Fsp3) is 0. The average molecular weight is 108 g/mol. The zero-order valence-corrected chi connectivity index (χ0v) is 3.90. The van der Waals surface area contributed by atoms with Crippen LogP contribution >= 0.6 is 0 Å². The predicted octanol–water partition coefficient (Wildman–Crippen LogP) is -0.671. The number of rotatable bonds is 1. The second-order valence-corrected chi connectivity index (χ2v) is 1.11. The van der Waals surface area contributed by atoms with Crippen LogP contribution in [0.4, 0.5) is 0 Å². The first-order valence-electron chi connectivity index (χ1n) is 1.96. The number of hydrogen-bond donors (Lipinski definition) is 0. The van der Waals surface area contributed by atoms with Gasteiger partial charge in [0.1, 0.15) is 5.69 Å². The Bertz CT molecular complexity index is 174. The van der Waals surface area contributed by atoms with Gasteiger partial charge in [-0.25, -0.2) is 0 Å². The van der Waals surface area contributed by atoms with Crippen molar-refractivity contribution in [3.8, 4) is 0 Å². The maximum absolute atomic E-state index is 9.75. The average Bonchev–Trinajstić information content (AvgIpc) is 1.90. The minimum Gasteiger partial charge on any atom is -0.283 e. The van der Waals surface area contributed by atoms with Crippen molar-refractivity contribution in [2.75, 3.05) is 0 Å². The van der Waals surface area contributed by atoms with E-state index in [0.29, 0.717) is 0 Å². The molecule has 1 heterocycles. The van der Waals surface area contributed by atoms with Crippen LogP contribution < -0.4 is 0 Å². The summed E-state index contributed by atoms with van der Waals surface area (Å²) in [6, 6.07) is 1.43. The van der Waals surface area contributed by atoms with Gasteiger partial charge in [0.05, 0.1) is 6.20 Å². The lowest BCUT2D eigenvalue weighted by Crippen LogP contribution is -1.90. The molecule has 0 saturated carbocycles. The minimum atomic E-state index is 0.181. The molecular formula is C4H2N3O. The van der Waals surface area contributed by atoms with Crippen molar-refractivity contribution in [2.24, 2.45) is 0 Å². The van der Waals surface area contributed by atoms with Crippen LogP contribution in [-0.4, -0.2) is 21.7 Å². The predicted molar refractivity (Wildman–Crippen MR) is 24.6 cm³/mol. The fourth-order valence-electron chi connectivity index (χ4n) is 0.296. The van der Waals surface area contributed by atoms with E-state index in [0.717, 1.165) is 0 Å². The summed E-state index contributed by atoms with van der Waals surface area (Å²) in [7, 11) is 0. The van der Waals surface area contributed by atoms with Crippen LogP contribution in [-0.2, 0) is 4.79 Å². The van der Waals surface area contributed by atoms with Gasteiger partial charge in [0, 0.05) is 0 Å². The first-order valence-corrected chi connectivity index (χ1v) is 1.96. The minimum absolute atomic E-state index is 0.181. The summed E-state index contributed by atoms with van der Waals surface area (Å²) < 4.78 is 0. The van der Waals surface area contributed by atoms with Gasteiger partial charge in [0.2, 0.25) is 0 Å². The molecule has 4 heteroatoms. The van der Waals surface area contributed by atoms with Crippen LogP contribution in [0.25, 0.3) is 0 Å². The van der Waals surface area contributed by atoms with Gasteiger partial charge in [-0.1, -0.05) is 0 Å². The lowest BCUT2D eigenvalue weighted by atomic mass is 10.5. The van der Waals surface area contributed by atoms with Gasteiger partial charge >= 0.3 is 0 Å². The lowest BCUT2D eigenvalue weighted by Gasteiger charge is -1.77. The van der Waals surface area contributed by atoms with Crippen molar-refractivity contribution in [3.63, 3.8) is 0 Å². The molecule has 1 aromatic rings. The van der Waals surface area contributed by atoms with Crippen molar-refractivity contribution in [1.29, 1.82) is 0 Å². The first kappa shape index (κ1) is 4.83. The van der Waals surface area contributed by atoms with Crippen LogP contribution in [0.1, 0.15) is 5.69 Å². The molecule has 0 bridgehead atoms. The summed E-state index contributed by atoms with van der Waals surface area (Å²) in [5.74, 6) is 0. The lowest BCUT2D eigenvalue weighted by molar-refractivity contribution is 0.560. The molecule has 0 fully saturated rings. The van der Waals surface area contributed by atoms with E-state index in [4.69, 9.17) is 0 Å². The third-order valence-electron chi connectivity index (χ3n) is 0.608. The van der Waals surface area contributed by atoms with Gasteiger partial charge < -0.3 is 0 Å². The number of carbonyl (C=O) groups excluding carboxylic acids is 1. The van der Waals surface area contributed by atoms with Gasteiger partial charge in [-0.15, -0.1) is 10.2 Å². The molecule has 8 heavy (non-hydrogen) atoms. The molecular weight excluding hydrogens is 106 g/mol. The van der Waals surface area contributed by atoms with Crippen LogP contribution in [0.3, 0.4) is 0 Å². The van der Waals surface area contributed by atoms with E-state index in [1.165, 1.54) is 12.3 Å². The summed E-state index contributed by atoms with van der Waals surface area (Å²) in [5, 5.41) is 9.86. The molecule has 0 amide bonds. The summed E-state index contributed by atoms with van der Waals surface area (Å²) in [5.41, 5.74) is 0.181. The van der Waals surface area contributed by atoms with E-state index < -0.39 is 0 Å². The molecule has 0 aliphatic heterocycles. The molecule has 0 aromatic carbocycles. The third kappa shape index (κ3) is 0.841. The highest BCUT2D eigenvalue weighted by molar-refractivity contribution is 5.71. The van der Waals surface area contributed by atoms with E-state index in [9.17, 15) is 4.79 Å². The number of hydrogen-bond acceptors (Lipinski definition) is 4. The van der Waals surface area contributed by atoms with Gasteiger partial charge in [-0.2, -0.15) is 0 Å². The Hall–Kier alpha value is -1.32. The van der Waals surface area contributed by atoms with Crippen LogP contribution in [0.2, 0.25) is 0 Å². The highest BCUT2D eigenvalue weighted by atomic mass is 16.1. The van der Waals surface area contributed by atoms with E-state index in [1.807, 2.05) is 0 Å². The van der Waals surface area contributed by atoms with Crippen LogP contribution in [0.5, 0.6) is 0 Å². The van der Waals surface area contributed by atoms with Gasteiger partial charge in [-0.05, 0) is 11.3 Å². The molecule has 0 aliphatic rings. The van der Waals surface area contributed by atoms with Crippen molar-refractivity contribution in [2.45, 2.75) is 0 Å². The second-order valence-electron chi connectivity index (χ2n) is 1.11. The maximum Gasteiger partial charge on any atom is 0.255 e. The van der Waals surface area contributed by atoms with Gasteiger partial charge in [-0.3, -0.25) is 4.79 Å². The Labute approximate surface area is 45.6 Å². The molecule has 1 rings (SSSR count). The fourth-order valence-corrected chi connectivity index (χ4v) is 0.296. The van der Waals surface area contributed by atoms with Crippen LogP contribution in [0.15, 0.2) is 12.3 Å². The van der Waals surface area contributed by atoms with E-state index in [2.05, 4.69) is 15.4 Å². The van der Waals surface area contributed by atoms with E-state index in [1.54, 1.807) is 6.29 Å². The molecule has 0 N–H and O–H groups in total. The largest absolute Gasteiger partial charge is 0.283 e. The van der Waals surface area contributed by atoms with E-state index >= 15 is 0 Å². The first-order chi connectivity index (χ1) is 3.93.